The fourth-order valence-corrected chi connectivity index (χ4v) is 2.52. The standard InChI is InChI=1S/C20H22N4/c1-14-8-6-10-18(16(14)3)23-20-21-12-11-19(24-20)22-13-17-9-5-4-7-15(17)2/h4-12H,13H2,1-3H3,(H2,21,22,23,24). The molecule has 0 aliphatic carbocycles. The largest absolute Gasteiger partial charge is 0.366 e. The van der Waals surface area contributed by atoms with E-state index in [1.165, 1.54) is 22.3 Å². The van der Waals surface area contributed by atoms with Gasteiger partial charge in [-0.3, -0.25) is 0 Å². The summed E-state index contributed by atoms with van der Waals surface area (Å²) < 4.78 is 0. The Hall–Kier alpha value is -2.88. The summed E-state index contributed by atoms with van der Waals surface area (Å²) in [5, 5.41) is 6.66. The van der Waals surface area contributed by atoms with E-state index in [1.54, 1.807) is 6.20 Å². The fourth-order valence-electron chi connectivity index (χ4n) is 2.52. The number of aromatic nitrogens is 2. The lowest BCUT2D eigenvalue weighted by atomic mass is 10.1. The lowest BCUT2D eigenvalue weighted by Crippen LogP contribution is -2.05. The topological polar surface area (TPSA) is 49.8 Å². The molecule has 3 aromatic rings. The van der Waals surface area contributed by atoms with E-state index in [1.807, 2.05) is 18.2 Å². The zero-order chi connectivity index (χ0) is 16.9. The van der Waals surface area contributed by atoms with E-state index in [4.69, 9.17) is 0 Å². The van der Waals surface area contributed by atoms with Gasteiger partial charge in [-0.15, -0.1) is 0 Å². The minimum absolute atomic E-state index is 0.596. The van der Waals surface area contributed by atoms with Crippen molar-refractivity contribution in [1.29, 1.82) is 0 Å². The molecule has 1 heterocycles. The fraction of sp³-hybridized carbons (Fsp3) is 0.200. The lowest BCUT2D eigenvalue weighted by molar-refractivity contribution is 1.07. The molecule has 0 amide bonds. The van der Waals surface area contributed by atoms with Crippen LogP contribution in [0.15, 0.2) is 54.7 Å². The Kier molecular flexibility index (Phi) is 4.75. The number of nitrogens with one attached hydrogen (secondary N) is 2. The van der Waals surface area contributed by atoms with Crippen LogP contribution in [-0.2, 0) is 6.54 Å². The highest BCUT2D eigenvalue weighted by Crippen LogP contribution is 2.21. The van der Waals surface area contributed by atoms with Gasteiger partial charge in [-0.05, 0) is 55.2 Å². The number of benzene rings is 2. The van der Waals surface area contributed by atoms with Crippen molar-refractivity contribution in [2.24, 2.45) is 0 Å². The summed E-state index contributed by atoms with van der Waals surface area (Å²) in [7, 11) is 0. The number of hydrogen-bond acceptors (Lipinski definition) is 4. The van der Waals surface area contributed by atoms with Crippen LogP contribution in [0.25, 0.3) is 0 Å². The van der Waals surface area contributed by atoms with Crippen LogP contribution in [0.2, 0.25) is 0 Å². The van der Waals surface area contributed by atoms with Crippen molar-refractivity contribution in [2.75, 3.05) is 10.6 Å². The molecule has 0 bridgehead atoms. The zero-order valence-electron chi connectivity index (χ0n) is 14.3. The van der Waals surface area contributed by atoms with E-state index in [2.05, 4.69) is 71.7 Å². The van der Waals surface area contributed by atoms with Crippen molar-refractivity contribution in [3.05, 3.63) is 77.0 Å². The van der Waals surface area contributed by atoms with E-state index >= 15 is 0 Å². The van der Waals surface area contributed by atoms with Crippen LogP contribution >= 0.6 is 0 Å². The molecule has 0 atom stereocenters. The Morgan fingerprint density at radius 3 is 2.50 bits per heavy atom. The molecular weight excluding hydrogens is 296 g/mol. The normalized spacial score (nSPS) is 10.5. The monoisotopic (exact) mass is 318 g/mol. The number of nitrogens with zero attached hydrogens (tertiary/aromatic N) is 2. The van der Waals surface area contributed by atoms with Gasteiger partial charge < -0.3 is 10.6 Å². The maximum atomic E-state index is 4.55. The highest BCUT2D eigenvalue weighted by atomic mass is 15.1. The Bertz CT molecular complexity index is 843. The summed E-state index contributed by atoms with van der Waals surface area (Å²) in [6.07, 6.45) is 1.76. The zero-order valence-corrected chi connectivity index (χ0v) is 14.3. The molecule has 0 saturated carbocycles. The van der Waals surface area contributed by atoms with E-state index < -0.39 is 0 Å². The predicted molar refractivity (Wildman–Crippen MR) is 99.7 cm³/mol. The second kappa shape index (κ2) is 7.13. The minimum atomic E-state index is 0.596. The van der Waals surface area contributed by atoms with Crippen molar-refractivity contribution < 1.29 is 0 Å². The van der Waals surface area contributed by atoms with Gasteiger partial charge in [0.15, 0.2) is 0 Å². The van der Waals surface area contributed by atoms with Gasteiger partial charge in [0.1, 0.15) is 5.82 Å². The number of rotatable bonds is 5. The summed E-state index contributed by atoms with van der Waals surface area (Å²) in [6, 6.07) is 16.4. The van der Waals surface area contributed by atoms with E-state index in [9.17, 15) is 0 Å². The molecule has 0 fully saturated rings. The van der Waals surface area contributed by atoms with E-state index in [-0.39, 0.29) is 0 Å². The molecule has 1 aromatic heterocycles. The van der Waals surface area contributed by atoms with E-state index in [0.717, 1.165) is 18.1 Å². The molecule has 0 radical (unpaired) electrons. The third kappa shape index (κ3) is 3.71. The molecule has 0 aliphatic rings. The first-order valence-electron chi connectivity index (χ1n) is 8.08. The Balaban J connectivity index is 1.72. The molecular formula is C20H22N4. The smallest absolute Gasteiger partial charge is 0.229 e. The lowest BCUT2D eigenvalue weighted by Gasteiger charge is -2.12. The molecule has 2 aromatic carbocycles. The number of anilines is 3. The van der Waals surface area contributed by atoms with Gasteiger partial charge in [-0.1, -0.05) is 36.4 Å². The van der Waals surface area contributed by atoms with Gasteiger partial charge >= 0.3 is 0 Å². The summed E-state index contributed by atoms with van der Waals surface area (Å²) >= 11 is 0. The second-order valence-electron chi connectivity index (χ2n) is 5.92. The first-order chi connectivity index (χ1) is 11.6. The summed E-state index contributed by atoms with van der Waals surface area (Å²) in [5.74, 6) is 1.40. The molecule has 24 heavy (non-hydrogen) atoms. The average molecular weight is 318 g/mol. The molecule has 0 aliphatic heterocycles. The first kappa shape index (κ1) is 16.0. The van der Waals surface area contributed by atoms with Crippen LogP contribution in [0.3, 0.4) is 0 Å². The highest BCUT2D eigenvalue weighted by Gasteiger charge is 2.04. The SMILES string of the molecule is Cc1ccccc1CNc1ccnc(Nc2cccc(C)c2C)n1. The van der Waals surface area contributed by atoms with Crippen LogP contribution < -0.4 is 10.6 Å². The molecule has 4 nitrogen and oxygen atoms in total. The molecule has 4 heteroatoms. The van der Waals surface area contributed by atoms with Crippen LogP contribution in [-0.4, -0.2) is 9.97 Å². The summed E-state index contributed by atoms with van der Waals surface area (Å²) in [4.78, 5) is 8.87. The third-order valence-corrected chi connectivity index (χ3v) is 4.23. The Morgan fingerprint density at radius 2 is 1.67 bits per heavy atom. The van der Waals surface area contributed by atoms with Crippen molar-refractivity contribution in [3.63, 3.8) is 0 Å². The Labute approximate surface area is 143 Å². The van der Waals surface area contributed by atoms with Crippen LogP contribution in [0.5, 0.6) is 0 Å². The summed E-state index contributed by atoms with van der Waals surface area (Å²) in [5.41, 5.74) is 6.02. The molecule has 3 rings (SSSR count). The predicted octanol–water partition coefficient (Wildman–Crippen LogP) is 4.76. The summed E-state index contributed by atoms with van der Waals surface area (Å²) in [6.45, 7) is 7.05. The van der Waals surface area contributed by atoms with Crippen LogP contribution in [0.4, 0.5) is 17.5 Å². The molecule has 2 N–H and O–H groups in total. The second-order valence-corrected chi connectivity index (χ2v) is 5.92. The van der Waals surface area contributed by atoms with Gasteiger partial charge in [0, 0.05) is 18.4 Å². The van der Waals surface area contributed by atoms with Gasteiger partial charge in [0.25, 0.3) is 0 Å². The van der Waals surface area contributed by atoms with Gasteiger partial charge in [-0.2, -0.15) is 4.98 Å². The van der Waals surface area contributed by atoms with E-state index in [0.29, 0.717) is 5.95 Å². The molecule has 122 valence electrons. The number of hydrogen-bond donors (Lipinski definition) is 2. The number of aryl methyl sites for hydroxylation is 2. The third-order valence-electron chi connectivity index (χ3n) is 4.23. The van der Waals surface area contributed by atoms with Crippen molar-refractivity contribution in [3.8, 4) is 0 Å². The maximum Gasteiger partial charge on any atom is 0.229 e. The first-order valence-corrected chi connectivity index (χ1v) is 8.08. The molecule has 0 saturated heterocycles. The van der Waals surface area contributed by atoms with Crippen molar-refractivity contribution in [1.82, 2.24) is 9.97 Å². The highest BCUT2D eigenvalue weighted by molar-refractivity contribution is 5.60. The minimum Gasteiger partial charge on any atom is -0.366 e. The van der Waals surface area contributed by atoms with Crippen LogP contribution in [0, 0.1) is 20.8 Å². The molecule has 0 spiro atoms. The average Bonchev–Trinajstić information content (AvgIpc) is 2.59. The van der Waals surface area contributed by atoms with Crippen LogP contribution in [0.1, 0.15) is 22.3 Å². The van der Waals surface area contributed by atoms with Crippen molar-refractivity contribution in [2.45, 2.75) is 27.3 Å². The van der Waals surface area contributed by atoms with Gasteiger partial charge in [0.05, 0.1) is 0 Å². The Morgan fingerprint density at radius 1 is 0.875 bits per heavy atom. The maximum absolute atomic E-state index is 4.55. The quantitative estimate of drug-likeness (QED) is 0.712. The molecule has 0 unspecified atom stereocenters. The van der Waals surface area contributed by atoms with Gasteiger partial charge in [-0.25, -0.2) is 4.98 Å². The van der Waals surface area contributed by atoms with Crippen molar-refractivity contribution >= 4 is 17.5 Å². The van der Waals surface area contributed by atoms with Gasteiger partial charge in [0.2, 0.25) is 5.95 Å².